The van der Waals surface area contributed by atoms with Crippen LogP contribution in [0.3, 0.4) is 0 Å². The molecule has 114 valence electrons. The lowest BCUT2D eigenvalue weighted by Crippen LogP contribution is -1.92. The van der Waals surface area contributed by atoms with Crippen LogP contribution in [0.2, 0.25) is 5.02 Å². The van der Waals surface area contributed by atoms with Crippen molar-refractivity contribution >= 4 is 23.3 Å². The lowest BCUT2D eigenvalue weighted by Gasteiger charge is -2.10. The standard InChI is InChI=1S/C18H13ClN2O2/c1-22-17-9-18(23-2)16(19)8-14(17)7-15(11-21)13-5-3-12(10-20)4-6-13/h3-9H,1-2H3/b15-7+. The molecule has 0 saturated heterocycles. The Bertz CT molecular complexity index is 828. The number of ether oxygens (including phenoxy) is 2. The van der Waals surface area contributed by atoms with Gasteiger partial charge in [-0.15, -0.1) is 0 Å². The zero-order valence-corrected chi connectivity index (χ0v) is 13.4. The molecule has 0 aliphatic carbocycles. The number of methoxy groups -OCH3 is 2. The Labute approximate surface area is 139 Å². The number of nitrogens with zero attached hydrogens (tertiary/aromatic N) is 2. The molecule has 0 bridgehead atoms. The van der Waals surface area contributed by atoms with Crippen molar-refractivity contribution in [3.8, 4) is 23.6 Å². The Kier molecular flexibility index (Phi) is 5.25. The van der Waals surface area contributed by atoms with Gasteiger partial charge >= 0.3 is 0 Å². The summed E-state index contributed by atoms with van der Waals surface area (Å²) < 4.78 is 10.5. The molecule has 2 aromatic carbocycles. The van der Waals surface area contributed by atoms with Gasteiger partial charge in [0.1, 0.15) is 11.5 Å². The maximum atomic E-state index is 9.42. The minimum atomic E-state index is 0.427. The average Bonchev–Trinajstić information content (AvgIpc) is 2.60. The first-order valence-electron chi connectivity index (χ1n) is 6.66. The van der Waals surface area contributed by atoms with E-state index in [0.717, 1.165) is 0 Å². The molecule has 5 heteroatoms. The molecule has 0 heterocycles. The molecule has 0 aliphatic heterocycles. The van der Waals surface area contributed by atoms with E-state index in [2.05, 4.69) is 6.07 Å². The number of hydrogen-bond acceptors (Lipinski definition) is 4. The van der Waals surface area contributed by atoms with Crippen molar-refractivity contribution in [1.82, 2.24) is 0 Å². The van der Waals surface area contributed by atoms with Gasteiger partial charge in [0.15, 0.2) is 0 Å². The van der Waals surface area contributed by atoms with Gasteiger partial charge in [-0.25, -0.2) is 0 Å². The van der Waals surface area contributed by atoms with Crippen molar-refractivity contribution in [2.75, 3.05) is 14.2 Å². The maximum absolute atomic E-state index is 9.42. The van der Waals surface area contributed by atoms with Gasteiger partial charge in [0.05, 0.1) is 42.5 Å². The van der Waals surface area contributed by atoms with Crippen LogP contribution < -0.4 is 9.47 Å². The van der Waals surface area contributed by atoms with Gasteiger partial charge in [-0.05, 0) is 29.8 Å². The van der Waals surface area contributed by atoms with Crippen LogP contribution in [0.15, 0.2) is 36.4 Å². The van der Waals surface area contributed by atoms with E-state index in [-0.39, 0.29) is 0 Å². The van der Waals surface area contributed by atoms with Gasteiger partial charge in [-0.3, -0.25) is 0 Å². The fourth-order valence-electron chi connectivity index (χ4n) is 2.06. The molecule has 0 radical (unpaired) electrons. The summed E-state index contributed by atoms with van der Waals surface area (Å²) in [7, 11) is 3.06. The minimum absolute atomic E-state index is 0.427. The summed E-state index contributed by atoms with van der Waals surface area (Å²) >= 11 is 6.14. The first-order chi connectivity index (χ1) is 11.1. The van der Waals surface area contributed by atoms with Gasteiger partial charge < -0.3 is 9.47 Å². The smallest absolute Gasteiger partial charge is 0.141 e. The predicted octanol–water partition coefficient (Wildman–Crippen LogP) is 4.29. The van der Waals surface area contributed by atoms with E-state index in [1.807, 2.05) is 6.07 Å². The van der Waals surface area contributed by atoms with Crippen LogP contribution in [0.4, 0.5) is 0 Å². The lowest BCUT2D eigenvalue weighted by atomic mass is 10.0. The molecule has 2 rings (SSSR count). The van der Waals surface area contributed by atoms with E-state index in [1.54, 1.807) is 42.5 Å². The summed E-state index contributed by atoms with van der Waals surface area (Å²) in [5, 5.41) is 18.7. The van der Waals surface area contributed by atoms with Crippen LogP contribution in [0.5, 0.6) is 11.5 Å². The monoisotopic (exact) mass is 324 g/mol. The van der Waals surface area contributed by atoms with Crippen molar-refractivity contribution in [2.24, 2.45) is 0 Å². The second kappa shape index (κ2) is 7.35. The van der Waals surface area contributed by atoms with Crippen LogP contribution in [0.1, 0.15) is 16.7 Å². The zero-order chi connectivity index (χ0) is 16.8. The van der Waals surface area contributed by atoms with Gasteiger partial charge in [0.2, 0.25) is 0 Å². The van der Waals surface area contributed by atoms with Crippen LogP contribution in [-0.2, 0) is 0 Å². The molecule has 0 aliphatic rings. The van der Waals surface area contributed by atoms with E-state index in [9.17, 15) is 5.26 Å². The van der Waals surface area contributed by atoms with Crippen molar-refractivity contribution in [1.29, 1.82) is 10.5 Å². The van der Waals surface area contributed by atoms with E-state index in [4.69, 9.17) is 26.3 Å². The Balaban J connectivity index is 2.51. The summed E-state index contributed by atoms with van der Waals surface area (Å²) in [6, 6.07) is 14.3. The summed E-state index contributed by atoms with van der Waals surface area (Å²) in [5.74, 6) is 1.05. The van der Waals surface area contributed by atoms with E-state index < -0.39 is 0 Å². The van der Waals surface area contributed by atoms with Gasteiger partial charge in [0, 0.05) is 11.6 Å². The third-order valence-corrected chi connectivity index (χ3v) is 3.54. The highest BCUT2D eigenvalue weighted by molar-refractivity contribution is 6.32. The normalized spacial score (nSPS) is 10.6. The Morgan fingerprint density at radius 2 is 1.70 bits per heavy atom. The number of halogens is 1. The zero-order valence-electron chi connectivity index (χ0n) is 12.6. The van der Waals surface area contributed by atoms with Crippen LogP contribution in [0, 0.1) is 22.7 Å². The highest BCUT2D eigenvalue weighted by Gasteiger charge is 2.10. The molecule has 4 nitrogen and oxygen atoms in total. The Morgan fingerprint density at radius 3 is 2.22 bits per heavy atom. The molecule has 0 N–H and O–H groups in total. The highest BCUT2D eigenvalue weighted by Crippen LogP contribution is 2.34. The number of rotatable bonds is 4. The highest BCUT2D eigenvalue weighted by atomic mass is 35.5. The quantitative estimate of drug-likeness (QED) is 0.621. The molecular formula is C18H13ClN2O2. The van der Waals surface area contributed by atoms with E-state index in [1.165, 1.54) is 14.2 Å². The van der Waals surface area contributed by atoms with Gasteiger partial charge in [0.25, 0.3) is 0 Å². The minimum Gasteiger partial charge on any atom is -0.496 e. The third kappa shape index (κ3) is 3.63. The van der Waals surface area contributed by atoms with E-state index in [0.29, 0.717) is 38.8 Å². The van der Waals surface area contributed by atoms with Crippen molar-refractivity contribution in [3.05, 3.63) is 58.1 Å². The molecule has 0 unspecified atom stereocenters. The molecule has 0 atom stereocenters. The second-order valence-electron chi connectivity index (χ2n) is 4.59. The van der Waals surface area contributed by atoms with Crippen molar-refractivity contribution in [3.63, 3.8) is 0 Å². The SMILES string of the molecule is COc1cc(OC)c(/C=C(\C#N)c2ccc(C#N)cc2)cc1Cl. The fourth-order valence-corrected chi connectivity index (χ4v) is 2.31. The topological polar surface area (TPSA) is 66.0 Å². The van der Waals surface area contributed by atoms with Crippen molar-refractivity contribution in [2.45, 2.75) is 0 Å². The average molecular weight is 325 g/mol. The molecular weight excluding hydrogens is 312 g/mol. The lowest BCUT2D eigenvalue weighted by molar-refractivity contribution is 0.394. The van der Waals surface area contributed by atoms with Crippen LogP contribution >= 0.6 is 11.6 Å². The summed E-state index contributed by atoms with van der Waals surface area (Å²) in [6.45, 7) is 0. The summed E-state index contributed by atoms with van der Waals surface area (Å²) in [6.07, 6.45) is 1.69. The molecule has 0 aromatic heterocycles. The number of allylic oxidation sites excluding steroid dienone is 1. The van der Waals surface area contributed by atoms with Crippen LogP contribution in [0.25, 0.3) is 11.6 Å². The maximum Gasteiger partial charge on any atom is 0.141 e. The summed E-state index contributed by atoms with van der Waals surface area (Å²) in [4.78, 5) is 0. The van der Waals surface area contributed by atoms with E-state index >= 15 is 0 Å². The first kappa shape index (κ1) is 16.4. The Morgan fingerprint density at radius 1 is 1.04 bits per heavy atom. The molecule has 0 saturated carbocycles. The van der Waals surface area contributed by atoms with Gasteiger partial charge in [-0.1, -0.05) is 23.7 Å². The first-order valence-corrected chi connectivity index (χ1v) is 7.04. The molecule has 0 amide bonds. The van der Waals surface area contributed by atoms with Crippen molar-refractivity contribution < 1.29 is 9.47 Å². The second-order valence-corrected chi connectivity index (χ2v) is 4.99. The molecule has 0 spiro atoms. The van der Waals surface area contributed by atoms with Crippen LogP contribution in [-0.4, -0.2) is 14.2 Å². The van der Waals surface area contributed by atoms with Gasteiger partial charge in [-0.2, -0.15) is 10.5 Å². The Hall–Kier alpha value is -2.95. The largest absolute Gasteiger partial charge is 0.496 e. The number of hydrogen-bond donors (Lipinski definition) is 0. The molecule has 2 aromatic rings. The fraction of sp³-hybridized carbons (Fsp3) is 0.111. The number of nitriles is 2. The number of benzene rings is 2. The molecule has 23 heavy (non-hydrogen) atoms. The summed E-state index contributed by atoms with van der Waals surface area (Å²) in [5.41, 5.74) is 2.35. The predicted molar refractivity (Wildman–Crippen MR) is 89.2 cm³/mol. The molecule has 0 fully saturated rings. The third-order valence-electron chi connectivity index (χ3n) is 3.25.